The van der Waals surface area contributed by atoms with Crippen molar-refractivity contribution in [3.05, 3.63) is 0 Å². The second-order valence-electron chi connectivity index (χ2n) is 7.02. The minimum atomic E-state index is -0.559. The number of amides is 2. The SMILES string of the molecule is COC[C@H](CCNC(=O)OC(C)(C)C)NC(=O)OC(C)(C)C. The van der Waals surface area contributed by atoms with Gasteiger partial charge in [0.25, 0.3) is 0 Å². The normalized spacial score (nSPS) is 13.2. The minimum Gasteiger partial charge on any atom is -0.444 e. The van der Waals surface area contributed by atoms with Crippen molar-refractivity contribution in [3.8, 4) is 0 Å². The number of carbonyl (C=O) groups excluding carboxylic acids is 2. The molecule has 0 aromatic rings. The molecule has 0 fully saturated rings. The molecule has 0 aliphatic carbocycles. The van der Waals surface area contributed by atoms with E-state index in [9.17, 15) is 9.59 Å². The maximum absolute atomic E-state index is 11.7. The van der Waals surface area contributed by atoms with Crippen molar-refractivity contribution in [2.75, 3.05) is 20.3 Å². The monoisotopic (exact) mass is 318 g/mol. The van der Waals surface area contributed by atoms with Gasteiger partial charge in [0.2, 0.25) is 0 Å². The van der Waals surface area contributed by atoms with E-state index in [1.165, 1.54) is 0 Å². The maximum Gasteiger partial charge on any atom is 0.407 e. The van der Waals surface area contributed by atoms with Crippen LogP contribution in [0.2, 0.25) is 0 Å². The molecule has 0 heterocycles. The number of nitrogens with one attached hydrogen (secondary N) is 2. The van der Waals surface area contributed by atoms with E-state index < -0.39 is 23.4 Å². The van der Waals surface area contributed by atoms with Gasteiger partial charge in [-0.15, -0.1) is 0 Å². The van der Waals surface area contributed by atoms with Crippen molar-refractivity contribution in [3.63, 3.8) is 0 Å². The van der Waals surface area contributed by atoms with Crippen LogP contribution < -0.4 is 10.6 Å². The number of carbonyl (C=O) groups is 2. The summed E-state index contributed by atoms with van der Waals surface area (Å²) in [6.45, 7) is 11.5. The van der Waals surface area contributed by atoms with E-state index in [4.69, 9.17) is 14.2 Å². The molecule has 0 aliphatic rings. The lowest BCUT2D eigenvalue weighted by molar-refractivity contribution is 0.0461. The Morgan fingerprint density at radius 2 is 1.45 bits per heavy atom. The Labute approximate surface area is 133 Å². The zero-order valence-electron chi connectivity index (χ0n) is 14.7. The molecule has 7 heteroatoms. The molecule has 0 spiro atoms. The summed E-state index contributed by atoms with van der Waals surface area (Å²) in [6.07, 6.45) is -0.487. The summed E-state index contributed by atoms with van der Waals surface area (Å²) in [7, 11) is 1.55. The molecule has 0 saturated heterocycles. The zero-order chi connectivity index (χ0) is 17.4. The molecule has 1 atom stereocenters. The first-order valence-electron chi connectivity index (χ1n) is 7.38. The van der Waals surface area contributed by atoms with E-state index in [1.54, 1.807) is 48.7 Å². The average Bonchev–Trinajstić information content (AvgIpc) is 2.23. The highest BCUT2D eigenvalue weighted by atomic mass is 16.6. The van der Waals surface area contributed by atoms with Gasteiger partial charge in [0, 0.05) is 13.7 Å². The van der Waals surface area contributed by atoms with Crippen molar-refractivity contribution < 1.29 is 23.8 Å². The third kappa shape index (κ3) is 12.3. The Morgan fingerprint density at radius 3 is 1.91 bits per heavy atom. The van der Waals surface area contributed by atoms with Crippen LogP contribution in [0.15, 0.2) is 0 Å². The maximum atomic E-state index is 11.7. The van der Waals surface area contributed by atoms with Crippen molar-refractivity contribution in [2.24, 2.45) is 0 Å². The van der Waals surface area contributed by atoms with Crippen LogP contribution >= 0.6 is 0 Å². The van der Waals surface area contributed by atoms with Gasteiger partial charge in [-0.25, -0.2) is 9.59 Å². The van der Waals surface area contributed by atoms with Crippen LogP contribution in [0.5, 0.6) is 0 Å². The molecule has 0 unspecified atom stereocenters. The van der Waals surface area contributed by atoms with Crippen molar-refractivity contribution in [2.45, 2.75) is 65.2 Å². The molecule has 7 nitrogen and oxygen atoms in total. The molecule has 130 valence electrons. The van der Waals surface area contributed by atoms with Gasteiger partial charge in [-0.1, -0.05) is 0 Å². The largest absolute Gasteiger partial charge is 0.444 e. The molecule has 0 bridgehead atoms. The summed E-state index contributed by atoms with van der Waals surface area (Å²) in [5.41, 5.74) is -1.10. The molecule has 0 aromatic heterocycles. The van der Waals surface area contributed by atoms with Gasteiger partial charge in [-0.2, -0.15) is 0 Å². The first-order valence-corrected chi connectivity index (χ1v) is 7.38. The van der Waals surface area contributed by atoms with E-state index >= 15 is 0 Å². The highest BCUT2D eigenvalue weighted by molar-refractivity contribution is 5.68. The fraction of sp³-hybridized carbons (Fsp3) is 0.867. The Hall–Kier alpha value is -1.50. The molecule has 2 amide bonds. The third-order valence-corrected chi connectivity index (χ3v) is 2.25. The topological polar surface area (TPSA) is 85.9 Å². The van der Waals surface area contributed by atoms with Crippen molar-refractivity contribution >= 4 is 12.2 Å². The minimum absolute atomic E-state index is 0.255. The fourth-order valence-electron chi connectivity index (χ4n) is 1.54. The lowest BCUT2D eigenvalue weighted by Gasteiger charge is -2.24. The predicted molar refractivity (Wildman–Crippen MR) is 83.9 cm³/mol. The number of alkyl carbamates (subject to hydrolysis) is 2. The quantitative estimate of drug-likeness (QED) is 0.785. The average molecular weight is 318 g/mol. The highest BCUT2D eigenvalue weighted by Crippen LogP contribution is 2.08. The Kier molecular flexibility index (Phi) is 8.22. The standard InChI is InChI=1S/C15H30N2O5/c1-14(2,3)21-12(18)16-9-8-11(10-20-7)17-13(19)22-15(4,5)6/h11H,8-10H2,1-7H3,(H,16,18)(H,17,19)/t11-/m0/s1. The first kappa shape index (κ1) is 20.5. The molecule has 0 aromatic carbocycles. The van der Waals surface area contributed by atoms with Crippen molar-refractivity contribution in [1.29, 1.82) is 0 Å². The molecule has 0 aliphatic heterocycles. The number of rotatable bonds is 6. The van der Waals surface area contributed by atoms with E-state index in [1.807, 2.05) is 0 Å². The van der Waals surface area contributed by atoms with Gasteiger partial charge in [-0.3, -0.25) is 0 Å². The zero-order valence-corrected chi connectivity index (χ0v) is 14.7. The van der Waals surface area contributed by atoms with Gasteiger partial charge >= 0.3 is 12.2 Å². The molecule has 0 rings (SSSR count). The Bertz CT molecular complexity index is 358. The number of methoxy groups -OCH3 is 1. The molecule has 22 heavy (non-hydrogen) atoms. The summed E-state index contributed by atoms with van der Waals surface area (Å²) >= 11 is 0. The molecular weight excluding hydrogens is 288 g/mol. The third-order valence-electron chi connectivity index (χ3n) is 2.25. The summed E-state index contributed by atoms with van der Waals surface area (Å²) in [5, 5.41) is 5.36. The predicted octanol–water partition coefficient (Wildman–Crippen LogP) is 2.44. The lowest BCUT2D eigenvalue weighted by Crippen LogP contribution is -2.43. The summed E-state index contributed by atoms with van der Waals surface area (Å²) in [6, 6.07) is -0.255. The van der Waals surface area contributed by atoms with E-state index in [-0.39, 0.29) is 6.04 Å². The number of hydrogen-bond acceptors (Lipinski definition) is 5. The molecular formula is C15H30N2O5. The summed E-state index contributed by atoms with van der Waals surface area (Å²) in [4.78, 5) is 23.3. The van der Waals surface area contributed by atoms with Gasteiger partial charge in [0.1, 0.15) is 11.2 Å². The van der Waals surface area contributed by atoms with Gasteiger partial charge in [0.15, 0.2) is 0 Å². The molecule has 0 saturated carbocycles. The summed E-state index contributed by atoms with van der Waals surface area (Å²) < 4.78 is 15.4. The van der Waals surface area contributed by atoms with Gasteiger partial charge < -0.3 is 24.8 Å². The second-order valence-corrected chi connectivity index (χ2v) is 7.02. The van der Waals surface area contributed by atoms with Crippen LogP contribution in [0.4, 0.5) is 9.59 Å². The molecule has 2 N–H and O–H groups in total. The van der Waals surface area contributed by atoms with E-state index in [2.05, 4.69) is 10.6 Å². The van der Waals surface area contributed by atoms with Crippen LogP contribution in [0.1, 0.15) is 48.0 Å². The van der Waals surface area contributed by atoms with Crippen LogP contribution in [-0.4, -0.2) is 49.7 Å². The van der Waals surface area contributed by atoms with Crippen molar-refractivity contribution in [1.82, 2.24) is 10.6 Å². The highest BCUT2D eigenvalue weighted by Gasteiger charge is 2.20. The van der Waals surface area contributed by atoms with E-state index in [0.29, 0.717) is 19.6 Å². The van der Waals surface area contributed by atoms with Crippen LogP contribution in [0.3, 0.4) is 0 Å². The Morgan fingerprint density at radius 1 is 0.955 bits per heavy atom. The summed E-state index contributed by atoms with van der Waals surface area (Å²) in [5.74, 6) is 0. The smallest absolute Gasteiger partial charge is 0.407 e. The van der Waals surface area contributed by atoms with Gasteiger partial charge in [0.05, 0.1) is 12.6 Å². The van der Waals surface area contributed by atoms with Crippen LogP contribution in [0, 0.1) is 0 Å². The number of ether oxygens (including phenoxy) is 3. The Balaban J connectivity index is 4.20. The second kappa shape index (κ2) is 8.82. The first-order chi connectivity index (χ1) is 9.93. The fourth-order valence-corrected chi connectivity index (χ4v) is 1.54. The molecule has 0 radical (unpaired) electrons. The van der Waals surface area contributed by atoms with Gasteiger partial charge in [-0.05, 0) is 48.0 Å². The lowest BCUT2D eigenvalue weighted by atomic mass is 10.2. The van der Waals surface area contributed by atoms with Crippen LogP contribution in [0.25, 0.3) is 0 Å². The number of hydrogen-bond donors (Lipinski definition) is 2. The van der Waals surface area contributed by atoms with E-state index in [0.717, 1.165) is 0 Å². The van der Waals surface area contributed by atoms with Crippen LogP contribution in [-0.2, 0) is 14.2 Å².